The molecule has 1 amide bonds. The van der Waals surface area contributed by atoms with Gasteiger partial charge in [-0.2, -0.15) is 0 Å². The number of hydrogen-bond donors (Lipinski definition) is 1. The standard InChI is InChI=1S/C20H20N2OS/c23-19(21-16-12-11-14-5-3-6-15(14)13-16)9-4-10-20-22-17-7-1-2-8-18(17)24-20/h1-2,7-8,11-13H,3-6,9-10H2,(H,21,23). The first-order valence-corrected chi connectivity index (χ1v) is 9.36. The number of carbonyl (C=O) groups excluding carboxylic acids is 1. The molecule has 1 N–H and O–H groups in total. The van der Waals surface area contributed by atoms with Gasteiger partial charge in [0.25, 0.3) is 0 Å². The van der Waals surface area contributed by atoms with E-state index < -0.39 is 0 Å². The number of carbonyl (C=O) groups is 1. The zero-order valence-electron chi connectivity index (χ0n) is 13.5. The highest BCUT2D eigenvalue weighted by Gasteiger charge is 2.12. The summed E-state index contributed by atoms with van der Waals surface area (Å²) in [7, 11) is 0. The topological polar surface area (TPSA) is 42.0 Å². The first-order valence-electron chi connectivity index (χ1n) is 8.54. The van der Waals surface area contributed by atoms with E-state index in [1.165, 1.54) is 28.7 Å². The smallest absolute Gasteiger partial charge is 0.224 e. The molecule has 3 aromatic rings. The molecule has 122 valence electrons. The molecule has 4 heteroatoms. The Bertz CT molecular complexity index is 851. The number of nitrogens with zero attached hydrogens (tertiary/aromatic N) is 1. The lowest BCUT2D eigenvalue weighted by molar-refractivity contribution is -0.116. The van der Waals surface area contributed by atoms with Crippen LogP contribution in [0.15, 0.2) is 42.5 Å². The Morgan fingerprint density at radius 2 is 2.00 bits per heavy atom. The van der Waals surface area contributed by atoms with Gasteiger partial charge in [-0.3, -0.25) is 4.79 Å². The van der Waals surface area contributed by atoms with Crippen LogP contribution in [-0.4, -0.2) is 10.9 Å². The van der Waals surface area contributed by atoms with Gasteiger partial charge in [-0.25, -0.2) is 4.98 Å². The van der Waals surface area contributed by atoms with E-state index in [2.05, 4.69) is 28.5 Å². The van der Waals surface area contributed by atoms with Crippen LogP contribution < -0.4 is 5.32 Å². The second-order valence-electron chi connectivity index (χ2n) is 6.31. The third-order valence-electron chi connectivity index (χ3n) is 4.51. The highest BCUT2D eigenvalue weighted by molar-refractivity contribution is 7.18. The van der Waals surface area contributed by atoms with Gasteiger partial charge in [-0.1, -0.05) is 18.2 Å². The summed E-state index contributed by atoms with van der Waals surface area (Å²) in [5.74, 6) is 0.0917. The van der Waals surface area contributed by atoms with Crippen LogP contribution in [-0.2, 0) is 24.1 Å². The van der Waals surface area contributed by atoms with Gasteiger partial charge >= 0.3 is 0 Å². The summed E-state index contributed by atoms with van der Waals surface area (Å²) in [6, 6.07) is 14.5. The Hall–Kier alpha value is -2.20. The molecule has 4 rings (SSSR count). The molecule has 0 spiro atoms. The number of hydrogen-bond acceptors (Lipinski definition) is 3. The minimum atomic E-state index is 0.0917. The Balaban J connectivity index is 1.30. The Morgan fingerprint density at radius 3 is 2.92 bits per heavy atom. The minimum absolute atomic E-state index is 0.0917. The summed E-state index contributed by atoms with van der Waals surface area (Å²) in [6.07, 6.45) is 5.76. The zero-order valence-corrected chi connectivity index (χ0v) is 14.4. The van der Waals surface area contributed by atoms with Crippen molar-refractivity contribution in [2.24, 2.45) is 0 Å². The van der Waals surface area contributed by atoms with Crippen molar-refractivity contribution in [1.82, 2.24) is 4.98 Å². The van der Waals surface area contributed by atoms with Crippen LogP contribution in [0.2, 0.25) is 0 Å². The van der Waals surface area contributed by atoms with Gasteiger partial charge < -0.3 is 5.32 Å². The maximum atomic E-state index is 12.1. The average molecular weight is 336 g/mol. The van der Waals surface area contributed by atoms with Gasteiger partial charge in [0.15, 0.2) is 0 Å². The summed E-state index contributed by atoms with van der Waals surface area (Å²) in [4.78, 5) is 16.8. The summed E-state index contributed by atoms with van der Waals surface area (Å²) in [5.41, 5.74) is 4.81. The fourth-order valence-corrected chi connectivity index (χ4v) is 4.31. The second-order valence-corrected chi connectivity index (χ2v) is 7.43. The molecule has 0 fully saturated rings. The maximum Gasteiger partial charge on any atom is 0.224 e. The molecule has 0 aliphatic heterocycles. The predicted molar refractivity (Wildman–Crippen MR) is 99.7 cm³/mol. The van der Waals surface area contributed by atoms with Crippen molar-refractivity contribution < 1.29 is 4.79 Å². The molecule has 0 bridgehead atoms. The molecule has 2 aromatic carbocycles. The molecule has 1 aliphatic rings. The van der Waals surface area contributed by atoms with Crippen LogP contribution >= 0.6 is 11.3 Å². The zero-order chi connectivity index (χ0) is 16.4. The molecule has 1 heterocycles. The van der Waals surface area contributed by atoms with Gasteiger partial charge in [0, 0.05) is 12.1 Å². The molecule has 0 radical (unpaired) electrons. The third kappa shape index (κ3) is 3.34. The lowest BCUT2D eigenvalue weighted by Gasteiger charge is -2.07. The summed E-state index contributed by atoms with van der Waals surface area (Å²) >= 11 is 1.72. The first kappa shape index (κ1) is 15.3. The third-order valence-corrected chi connectivity index (χ3v) is 5.61. The Labute approximate surface area is 145 Å². The number of rotatable bonds is 5. The van der Waals surface area contributed by atoms with E-state index in [1.54, 1.807) is 11.3 Å². The van der Waals surface area contributed by atoms with E-state index in [-0.39, 0.29) is 5.91 Å². The van der Waals surface area contributed by atoms with Crippen LogP contribution in [0.5, 0.6) is 0 Å². The van der Waals surface area contributed by atoms with Crippen molar-refractivity contribution in [3.63, 3.8) is 0 Å². The molecule has 0 saturated heterocycles. The van der Waals surface area contributed by atoms with Gasteiger partial charge in [0.1, 0.15) is 0 Å². The number of aromatic nitrogens is 1. The fourth-order valence-electron chi connectivity index (χ4n) is 3.30. The van der Waals surface area contributed by atoms with Gasteiger partial charge in [-0.15, -0.1) is 11.3 Å². The van der Waals surface area contributed by atoms with Crippen molar-refractivity contribution >= 4 is 33.1 Å². The summed E-state index contributed by atoms with van der Waals surface area (Å²) in [6.45, 7) is 0. The molecule has 0 atom stereocenters. The number of amides is 1. The highest BCUT2D eigenvalue weighted by Crippen LogP contribution is 2.25. The molecular formula is C20H20N2OS. The molecule has 0 unspecified atom stereocenters. The van der Waals surface area contributed by atoms with Crippen LogP contribution in [0, 0.1) is 0 Å². The van der Waals surface area contributed by atoms with E-state index in [0.29, 0.717) is 6.42 Å². The molecule has 0 saturated carbocycles. The maximum absolute atomic E-state index is 12.1. The fraction of sp³-hybridized carbons (Fsp3) is 0.300. The lowest BCUT2D eigenvalue weighted by atomic mass is 10.1. The van der Waals surface area contributed by atoms with Gasteiger partial charge in [-0.05, 0) is 67.5 Å². The summed E-state index contributed by atoms with van der Waals surface area (Å²) < 4.78 is 1.22. The normalized spacial score (nSPS) is 13.2. The number of benzene rings is 2. The SMILES string of the molecule is O=C(CCCc1nc2ccccc2s1)Nc1ccc2c(c1)CCC2. The van der Waals surface area contributed by atoms with Gasteiger partial charge in [0.05, 0.1) is 15.2 Å². The lowest BCUT2D eigenvalue weighted by Crippen LogP contribution is -2.11. The van der Waals surface area contributed by atoms with Crippen molar-refractivity contribution in [3.8, 4) is 0 Å². The number of nitrogens with one attached hydrogen (secondary N) is 1. The Morgan fingerprint density at radius 1 is 1.12 bits per heavy atom. The van der Waals surface area contributed by atoms with Crippen molar-refractivity contribution in [2.45, 2.75) is 38.5 Å². The molecule has 1 aromatic heterocycles. The second kappa shape index (κ2) is 6.73. The highest BCUT2D eigenvalue weighted by atomic mass is 32.1. The predicted octanol–water partition coefficient (Wildman–Crippen LogP) is 4.75. The largest absolute Gasteiger partial charge is 0.326 e. The van der Waals surface area contributed by atoms with Crippen molar-refractivity contribution in [2.75, 3.05) is 5.32 Å². The van der Waals surface area contributed by atoms with Crippen molar-refractivity contribution in [1.29, 1.82) is 0 Å². The number of fused-ring (bicyclic) bond motifs is 2. The van der Waals surface area contributed by atoms with Crippen LogP contribution in [0.4, 0.5) is 5.69 Å². The average Bonchev–Trinajstić information content (AvgIpc) is 3.20. The number of para-hydroxylation sites is 1. The quantitative estimate of drug-likeness (QED) is 0.731. The van der Waals surface area contributed by atoms with Crippen LogP contribution in [0.1, 0.15) is 35.4 Å². The molecule has 24 heavy (non-hydrogen) atoms. The minimum Gasteiger partial charge on any atom is -0.326 e. The monoisotopic (exact) mass is 336 g/mol. The van der Waals surface area contributed by atoms with E-state index in [0.717, 1.165) is 35.5 Å². The number of anilines is 1. The summed E-state index contributed by atoms with van der Waals surface area (Å²) in [5, 5.41) is 4.14. The number of aryl methyl sites for hydroxylation is 3. The molecule has 3 nitrogen and oxygen atoms in total. The van der Waals surface area contributed by atoms with Gasteiger partial charge in [0.2, 0.25) is 5.91 Å². The van der Waals surface area contributed by atoms with E-state index >= 15 is 0 Å². The number of thiazole rings is 1. The van der Waals surface area contributed by atoms with E-state index in [4.69, 9.17) is 0 Å². The van der Waals surface area contributed by atoms with Crippen LogP contribution in [0.3, 0.4) is 0 Å². The molecular weight excluding hydrogens is 316 g/mol. The first-order chi connectivity index (χ1) is 11.8. The van der Waals surface area contributed by atoms with E-state index in [9.17, 15) is 4.79 Å². The Kier molecular flexibility index (Phi) is 4.30. The molecule has 1 aliphatic carbocycles. The van der Waals surface area contributed by atoms with Crippen LogP contribution in [0.25, 0.3) is 10.2 Å². The van der Waals surface area contributed by atoms with E-state index in [1.807, 2.05) is 24.3 Å². The van der Waals surface area contributed by atoms with Crippen molar-refractivity contribution in [3.05, 3.63) is 58.6 Å².